The van der Waals surface area contributed by atoms with Gasteiger partial charge in [0.05, 0.1) is 13.3 Å². The Morgan fingerprint density at radius 2 is 1.79 bits per heavy atom. The van der Waals surface area contributed by atoms with Crippen molar-refractivity contribution < 1.29 is 17.9 Å². The van der Waals surface area contributed by atoms with Gasteiger partial charge in [-0.3, -0.25) is 5.43 Å². The molecule has 0 saturated carbocycles. The highest BCUT2D eigenvalue weighted by molar-refractivity contribution is 7.89. The quantitative estimate of drug-likeness (QED) is 0.299. The van der Waals surface area contributed by atoms with Crippen LogP contribution >= 0.6 is 11.6 Å². The summed E-state index contributed by atoms with van der Waals surface area (Å²) in [7, 11) is -1.97. The number of nitrogens with zero attached hydrogens (tertiary/aromatic N) is 3. The molecule has 0 fully saturated rings. The van der Waals surface area contributed by atoms with Crippen LogP contribution in [0.25, 0.3) is 0 Å². The zero-order chi connectivity index (χ0) is 24.6. The van der Waals surface area contributed by atoms with Crippen molar-refractivity contribution in [2.24, 2.45) is 5.10 Å². The van der Waals surface area contributed by atoms with E-state index in [1.54, 1.807) is 45.4 Å². The maximum Gasteiger partial charge on any atom is 0.244 e. The Hall–Kier alpha value is -3.14. The fourth-order valence-electron chi connectivity index (χ4n) is 3.11. The molecule has 0 radical (unpaired) electrons. The minimum atomic E-state index is -3.54. The fraction of sp³-hybridized carbons (Fsp3) is 0.250. The molecule has 0 bridgehead atoms. The van der Waals surface area contributed by atoms with Crippen molar-refractivity contribution in [3.8, 4) is 11.5 Å². The van der Waals surface area contributed by atoms with Gasteiger partial charge in [0.1, 0.15) is 17.3 Å². The van der Waals surface area contributed by atoms with E-state index >= 15 is 0 Å². The molecule has 3 aromatic rings. The summed E-state index contributed by atoms with van der Waals surface area (Å²) in [5.74, 6) is 1.60. The van der Waals surface area contributed by atoms with Crippen LogP contribution in [0.5, 0.6) is 11.5 Å². The van der Waals surface area contributed by atoms with E-state index in [0.29, 0.717) is 42.0 Å². The molecular weight excluding hydrogens is 476 g/mol. The lowest BCUT2D eigenvalue weighted by Gasteiger charge is -2.18. The standard InChI is InChI=1S/C24H27ClN4O4S/c1-4-29(5-2)34(30,31)21-11-13-24(26-16-21)28-27-15-19-8-12-22(23(14-19)32-3)33-17-18-6-9-20(25)10-7-18/h6-16H,4-5,17H2,1-3H3,(H,26,28). The van der Waals surface area contributed by atoms with E-state index in [2.05, 4.69) is 15.5 Å². The Bertz CT molecular complexity index is 1210. The van der Waals surface area contributed by atoms with Crippen molar-refractivity contribution in [3.05, 3.63) is 76.9 Å². The van der Waals surface area contributed by atoms with E-state index in [1.807, 2.05) is 30.3 Å². The molecule has 8 nitrogen and oxygen atoms in total. The number of benzene rings is 2. The van der Waals surface area contributed by atoms with Crippen molar-refractivity contribution in [2.75, 3.05) is 25.6 Å². The minimum absolute atomic E-state index is 0.143. The Balaban J connectivity index is 1.62. The van der Waals surface area contributed by atoms with Crippen molar-refractivity contribution in [1.29, 1.82) is 0 Å². The minimum Gasteiger partial charge on any atom is -0.493 e. The number of aromatic nitrogens is 1. The zero-order valence-corrected chi connectivity index (χ0v) is 20.8. The number of sulfonamides is 1. The van der Waals surface area contributed by atoms with E-state index in [9.17, 15) is 8.42 Å². The molecule has 10 heteroatoms. The summed E-state index contributed by atoms with van der Waals surface area (Å²) in [5.41, 5.74) is 4.57. The summed E-state index contributed by atoms with van der Waals surface area (Å²) >= 11 is 5.91. The Morgan fingerprint density at radius 1 is 1.06 bits per heavy atom. The summed E-state index contributed by atoms with van der Waals surface area (Å²) < 4.78 is 37.8. The zero-order valence-electron chi connectivity index (χ0n) is 19.2. The third-order valence-electron chi connectivity index (χ3n) is 4.97. The van der Waals surface area contributed by atoms with Crippen LogP contribution in [0.4, 0.5) is 5.82 Å². The lowest BCUT2D eigenvalue weighted by molar-refractivity contribution is 0.284. The number of halogens is 1. The van der Waals surface area contributed by atoms with Gasteiger partial charge in [-0.05, 0) is 53.6 Å². The van der Waals surface area contributed by atoms with Gasteiger partial charge in [0, 0.05) is 24.3 Å². The molecule has 2 aromatic carbocycles. The highest BCUT2D eigenvalue weighted by Gasteiger charge is 2.21. The van der Waals surface area contributed by atoms with Gasteiger partial charge in [-0.15, -0.1) is 0 Å². The molecule has 3 rings (SSSR count). The van der Waals surface area contributed by atoms with E-state index in [0.717, 1.165) is 11.1 Å². The molecule has 0 aliphatic carbocycles. The van der Waals surface area contributed by atoms with Gasteiger partial charge in [-0.2, -0.15) is 9.41 Å². The molecule has 0 aliphatic rings. The molecule has 1 heterocycles. The van der Waals surface area contributed by atoms with Crippen LogP contribution in [0, 0.1) is 0 Å². The molecule has 34 heavy (non-hydrogen) atoms. The number of anilines is 1. The highest BCUT2D eigenvalue weighted by atomic mass is 35.5. The topological polar surface area (TPSA) is 93.1 Å². The maximum atomic E-state index is 12.5. The summed E-state index contributed by atoms with van der Waals surface area (Å²) in [4.78, 5) is 4.29. The van der Waals surface area contributed by atoms with E-state index in [4.69, 9.17) is 21.1 Å². The summed E-state index contributed by atoms with van der Waals surface area (Å²) in [5, 5.41) is 4.85. The second-order valence-corrected chi connectivity index (χ2v) is 9.54. The molecule has 1 aromatic heterocycles. The Kier molecular flexibility index (Phi) is 8.86. The SMILES string of the molecule is CCN(CC)S(=O)(=O)c1ccc(NN=Cc2ccc(OCc3ccc(Cl)cc3)c(OC)c2)nc1. The van der Waals surface area contributed by atoms with Gasteiger partial charge in [-0.25, -0.2) is 13.4 Å². The largest absolute Gasteiger partial charge is 0.493 e. The number of hydrazone groups is 1. The van der Waals surface area contributed by atoms with E-state index in [1.165, 1.54) is 16.6 Å². The highest BCUT2D eigenvalue weighted by Crippen LogP contribution is 2.28. The first-order chi connectivity index (χ1) is 16.4. The van der Waals surface area contributed by atoms with Gasteiger partial charge in [-0.1, -0.05) is 37.6 Å². The average Bonchev–Trinajstić information content (AvgIpc) is 2.85. The van der Waals surface area contributed by atoms with Gasteiger partial charge >= 0.3 is 0 Å². The molecule has 1 N–H and O–H groups in total. The van der Waals surface area contributed by atoms with Crippen LogP contribution in [-0.4, -0.2) is 44.1 Å². The first-order valence-corrected chi connectivity index (χ1v) is 12.5. The molecule has 0 unspecified atom stereocenters. The number of hydrogen-bond acceptors (Lipinski definition) is 7. The predicted octanol–water partition coefficient (Wildman–Crippen LogP) is 4.80. The molecule has 0 saturated heterocycles. The third-order valence-corrected chi connectivity index (χ3v) is 7.25. The van der Waals surface area contributed by atoms with Gasteiger partial charge in [0.2, 0.25) is 10.0 Å². The average molecular weight is 503 g/mol. The predicted molar refractivity (Wildman–Crippen MR) is 134 cm³/mol. The molecule has 0 aliphatic heterocycles. The van der Waals surface area contributed by atoms with Crippen molar-refractivity contribution in [2.45, 2.75) is 25.3 Å². The van der Waals surface area contributed by atoms with Crippen LogP contribution in [-0.2, 0) is 16.6 Å². The molecule has 180 valence electrons. The fourth-order valence-corrected chi connectivity index (χ4v) is 4.64. The third kappa shape index (κ3) is 6.47. The second kappa shape index (κ2) is 11.8. The van der Waals surface area contributed by atoms with Gasteiger partial charge in [0.25, 0.3) is 0 Å². The van der Waals surface area contributed by atoms with Crippen LogP contribution in [0.3, 0.4) is 0 Å². The number of rotatable bonds is 11. The second-order valence-electron chi connectivity index (χ2n) is 7.16. The summed E-state index contributed by atoms with van der Waals surface area (Å²) in [6.45, 7) is 4.78. The van der Waals surface area contributed by atoms with Crippen LogP contribution < -0.4 is 14.9 Å². The summed E-state index contributed by atoms with van der Waals surface area (Å²) in [6.07, 6.45) is 2.93. The molecule has 0 spiro atoms. The molecule has 0 amide bonds. The number of hydrogen-bond donors (Lipinski definition) is 1. The first kappa shape index (κ1) is 25.5. The Labute approximate surface area is 205 Å². The number of nitrogens with one attached hydrogen (secondary N) is 1. The first-order valence-electron chi connectivity index (χ1n) is 10.7. The van der Waals surface area contributed by atoms with Crippen LogP contribution in [0.15, 0.2) is 70.8 Å². The summed E-state index contributed by atoms with van der Waals surface area (Å²) in [6, 6.07) is 16.0. The maximum absolute atomic E-state index is 12.5. The number of ether oxygens (including phenoxy) is 2. The number of pyridine rings is 1. The van der Waals surface area contributed by atoms with Crippen molar-refractivity contribution in [3.63, 3.8) is 0 Å². The Morgan fingerprint density at radius 3 is 2.41 bits per heavy atom. The van der Waals surface area contributed by atoms with Gasteiger partial charge < -0.3 is 9.47 Å². The van der Waals surface area contributed by atoms with Gasteiger partial charge in [0.15, 0.2) is 11.5 Å². The monoisotopic (exact) mass is 502 g/mol. The lowest BCUT2D eigenvalue weighted by atomic mass is 10.2. The smallest absolute Gasteiger partial charge is 0.244 e. The van der Waals surface area contributed by atoms with Crippen molar-refractivity contribution in [1.82, 2.24) is 9.29 Å². The van der Waals surface area contributed by atoms with E-state index < -0.39 is 10.0 Å². The van der Waals surface area contributed by atoms with Crippen LogP contribution in [0.1, 0.15) is 25.0 Å². The van der Waals surface area contributed by atoms with Crippen molar-refractivity contribution >= 4 is 33.7 Å². The van der Waals surface area contributed by atoms with E-state index in [-0.39, 0.29) is 4.90 Å². The van der Waals surface area contributed by atoms with Crippen LogP contribution in [0.2, 0.25) is 5.02 Å². The molecule has 0 atom stereocenters. The normalized spacial score (nSPS) is 11.7. The lowest BCUT2D eigenvalue weighted by Crippen LogP contribution is -2.30. The molecular formula is C24H27ClN4O4S. The number of methoxy groups -OCH3 is 1.